The van der Waals surface area contributed by atoms with Gasteiger partial charge >= 0.3 is 12.2 Å². The molecule has 0 radical (unpaired) electrons. The summed E-state index contributed by atoms with van der Waals surface area (Å²) in [6, 6.07) is 7.62. The molecule has 4 rings (SSSR count). The summed E-state index contributed by atoms with van der Waals surface area (Å²) < 4.78 is 11.2. The minimum atomic E-state index is -0.519. The zero-order valence-electron chi connectivity index (χ0n) is 25.4. The minimum absolute atomic E-state index is 0.220. The molecule has 2 saturated carbocycles. The average molecular weight is 737 g/mol. The van der Waals surface area contributed by atoms with Crippen molar-refractivity contribution in [1.82, 2.24) is 9.80 Å². The summed E-state index contributed by atoms with van der Waals surface area (Å²) in [5, 5.41) is 2.01. The molecule has 6 nitrogen and oxygen atoms in total. The monoisotopic (exact) mass is 734 g/mol. The number of methoxy groups -OCH3 is 1. The molecular weight excluding hydrogens is 698 g/mol. The van der Waals surface area contributed by atoms with E-state index in [0.717, 1.165) is 46.8 Å². The summed E-state index contributed by atoms with van der Waals surface area (Å²) in [5.74, 6) is 0.454. The van der Waals surface area contributed by atoms with Crippen molar-refractivity contribution in [2.45, 2.75) is 83.5 Å². The van der Waals surface area contributed by atoms with Crippen molar-refractivity contribution >= 4 is 80.6 Å². The van der Waals surface area contributed by atoms with Crippen molar-refractivity contribution in [3.8, 4) is 0 Å². The highest BCUT2D eigenvalue weighted by molar-refractivity contribution is 9.10. The van der Waals surface area contributed by atoms with Crippen LogP contribution in [0.3, 0.4) is 0 Å². The van der Waals surface area contributed by atoms with Gasteiger partial charge in [0.2, 0.25) is 0 Å². The zero-order valence-corrected chi connectivity index (χ0v) is 30.0. The number of carbonyl (C=O) groups is 2. The number of carbonyl (C=O) groups excluding carboxylic acids is 2. The van der Waals surface area contributed by atoms with Gasteiger partial charge in [-0.15, -0.1) is 0 Å². The predicted molar refractivity (Wildman–Crippen MR) is 181 cm³/mol. The van der Waals surface area contributed by atoms with E-state index >= 15 is 0 Å². The van der Waals surface area contributed by atoms with E-state index in [1.54, 1.807) is 35.1 Å². The fourth-order valence-corrected chi connectivity index (χ4v) is 6.63. The Hall–Kier alpha value is -1.64. The molecule has 0 aromatic heterocycles. The lowest BCUT2D eigenvalue weighted by Gasteiger charge is -2.29. The zero-order chi connectivity index (χ0) is 32.3. The molecule has 0 N–H and O–H groups in total. The maximum Gasteiger partial charge on any atom is 0.410 e. The van der Waals surface area contributed by atoms with Gasteiger partial charge < -0.3 is 19.3 Å². The Morgan fingerprint density at radius 2 is 1.65 bits per heavy atom. The molecule has 43 heavy (non-hydrogen) atoms. The molecule has 0 saturated heterocycles. The lowest BCUT2D eigenvalue weighted by molar-refractivity contribution is 0.0216. The molecule has 2 aromatic rings. The van der Waals surface area contributed by atoms with Gasteiger partial charge in [-0.05, 0) is 93.3 Å². The standard InChI is InChI=1S/C17H21Cl2NO2.C15H18BrCl2NO2/c1-5-11-8-12(15(19)14(18)9-11)10-20(13-6-7-13)16(21)22-17(2,3)4;1-4-10-8-15(10,19(2)14(20)21-3)7-9-5-11(16)6-12(17)13(9)18/h5,8-9,13H,1,6-7,10H2,2-4H3;5-6,10H,4,7-8H2,1-3H3. The van der Waals surface area contributed by atoms with Gasteiger partial charge in [0, 0.05) is 17.6 Å². The van der Waals surface area contributed by atoms with Crippen LogP contribution in [0.25, 0.3) is 6.08 Å². The number of halogens is 5. The second-order valence-electron chi connectivity index (χ2n) is 12.0. The van der Waals surface area contributed by atoms with Gasteiger partial charge in [-0.3, -0.25) is 0 Å². The highest BCUT2D eigenvalue weighted by Gasteiger charge is 2.57. The van der Waals surface area contributed by atoms with Crippen molar-refractivity contribution in [2.75, 3.05) is 14.2 Å². The number of amides is 2. The number of hydrogen-bond acceptors (Lipinski definition) is 4. The summed E-state index contributed by atoms with van der Waals surface area (Å²) in [7, 11) is 3.19. The van der Waals surface area contributed by atoms with E-state index in [-0.39, 0.29) is 23.8 Å². The fraction of sp³-hybridized carbons (Fsp3) is 0.500. The molecule has 0 heterocycles. The minimum Gasteiger partial charge on any atom is -0.453 e. The van der Waals surface area contributed by atoms with Crippen LogP contribution >= 0.6 is 62.3 Å². The maximum atomic E-state index is 12.4. The predicted octanol–water partition coefficient (Wildman–Crippen LogP) is 10.7. The first-order valence-electron chi connectivity index (χ1n) is 14.1. The van der Waals surface area contributed by atoms with E-state index in [0.29, 0.717) is 39.0 Å². The highest BCUT2D eigenvalue weighted by Crippen LogP contribution is 2.53. The molecule has 236 valence electrons. The van der Waals surface area contributed by atoms with Crippen LogP contribution in [0.4, 0.5) is 9.59 Å². The summed E-state index contributed by atoms with van der Waals surface area (Å²) in [5.41, 5.74) is 1.89. The SMILES string of the molecule is C=Cc1cc(Cl)c(Cl)c(CN(C(=O)OC(C)(C)C)C2CC2)c1.CCC1CC1(Cc1cc(Br)cc(Cl)c1Cl)N(C)C(=O)OC. The lowest BCUT2D eigenvalue weighted by Crippen LogP contribution is -2.42. The van der Waals surface area contributed by atoms with Crippen molar-refractivity contribution in [3.05, 3.63) is 72.1 Å². The first-order chi connectivity index (χ1) is 20.1. The van der Waals surface area contributed by atoms with Gasteiger partial charge in [-0.1, -0.05) is 88.3 Å². The third kappa shape index (κ3) is 9.20. The van der Waals surface area contributed by atoms with Gasteiger partial charge in [-0.2, -0.15) is 0 Å². The number of hydrogen-bond donors (Lipinski definition) is 0. The number of likely N-dealkylation sites (N-methyl/N-ethyl adjacent to an activating group) is 1. The second-order valence-corrected chi connectivity index (χ2v) is 14.5. The Bertz CT molecular complexity index is 1360. The Balaban J connectivity index is 0.000000236. The lowest BCUT2D eigenvalue weighted by atomic mass is 10.00. The van der Waals surface area contributed by atoms with E-state index in [4.69, 9.17) is 55.9 Å². The number of ether oxygens (including phenoxy) is 2. The van der Waals surface area contributed by atoms with Crippen LogP contribution in [0.15, 0.2) is 35.3 Å². The topological polar surface area (TPSA) is 59.1 Å². The molecule has 2 unspecified atom stereocenters. The number of nitrogens with zero attached hydrogens (tertiary/aromatic N) is 2. The normalized spacial score (nSPS) is 19.1. The van der Waals surface area contributed by atoms with Gasteiger partial charge in [0.25, 0.3) is 0 Å². The molecule has 2 aliphatic carbocycles. The molecule has 0 aliphatic heterocycles. The van der Waals surface area contributed by atoms with Crippen LogP contribution < -0.4 is 0 Å². The van der Waals surface area contributed by atoms with Crippen LogP contribution in [0.2, 0.25) is 20.1 Å². The molecule has 2 aromatic carbocycles. The fourth-order valence-electron chi connectivity index (χ4n) is 5.16. The van der Waals surface area contributed by atoms with Crippen LogP contribution in [-0.2, 0) is 22.4 Å². The molecule has 2 fully saturated rings. The summed E-state index contributed by atoms with van der Waals surface area (Å²) in [6.45, 7) is 11.8. The van der Waals surface area contributed by atoms with E-state index in [1.807, 2.05) is 32.9 Å². The van der Waals surface area contributed by atoms with E-state index in [9.17, 15) is 9.59 Å². The van der Waals surface area contributed by atoms with Crippen LogP contribution in [-0.4, -0.2) is 53.3 Å². The number of rotatable bonds is 8. The molecule has 2 amide bonds. The van der Waals surface area contributed by atoms with Crippen molar-refractivity contribution in [3.63, 3.8) is 0 Å². The smallest absolute Gasteiger partial charge is 0.410 e. The molecule has 11 heteroatoms. The van der Waals surface area contributed by atoms with Gasteiger partial charge in [0.15, 0.2) is 0 Å². The Labute approximate surface area is 283 Å². The van der Waals surface area contributed by atoms with Crippen molar-refractivity contribution in [2.24, 2.45) is 5.92 Å². The summed E-state index contributed by atoms with van der Waals surface area (Å²) in [4.78, 5) is 27.7. The molecule has 0 spiro atoms. The Morgan fingerprint density at radius 3 is 2.16 bits per heavy atom. The van der Waals surface area contributed by atoms with E-state index in [1.165, 1.54) is 7.11 Å². The van der Waals surface area contributed by atoms with E-state index < -0.39 is 5.60 Å². The first-order valence-corrected chi connectivity index (χ1v) is 16.4. The quantitative estimate of drug-likeness (QED) is 0.253. The second kappa shape index (κ2) is 14.6. The Morgan fingerprint density at radius 1 is 1.05 bits per heavy atom. The van der Waals surface area contributed by atoms with E-state index in [2.05, 4.69) is 29.4 Å². The van der Waals surface area contributed by atoms with Gasteiger partial charge in [-0.25, -0.2) is 9.59 Å². The molecular formula is C32H39BrCl4N2O4. The van der Waals surface area contributed by atoms with Crippen molar-refractivity contribution in [1.29, 1.82) is 0 Å². The third-order valence-corrected chi connectivity index (χ3v) is 9.83. The molecule has 2 atom stereocenters. The molecule has 0 bridgehead atoms. The van der Waals surface area contributed by atoms with Crippen molar-refractivity contribution < 1.29 is 19.1 Å². The largest absolute Gasteiger partial charge is 0.453 e. The third-order valence-electron chi connectivity index (χ3n) is 7.69. The van der Waals surface area contributed by atoms with Crippen LogP contribution in [0, 0.1) is 5.92 Å². The molecule has 2 aliphatic rings. The summed E-state index contributed by atoms with van der Waals surface area (Å²) >= 11 is 28.3. The summed E-state index contributed by atoms with van der Waals surface area (Å²) in [6.07, 6.45) is 5.71. The average Bonchev–Trinajstić information content (AvgIpc) is 3.87. The first kappa shape index (κ1) is 35.8. The van der Waals surface area contributed by atoms with Crippen LogP contribution in [0.5, 0.6) is 0 Å². The maximum absolute atomic E-state index is 12.4. The Kier molecular flexibility index (Phi) is 12.2. The van der Waals surface area contributed by atoms with Crippen LogP contribution in [0.1, 0.15) is 70.1 Å². The van der Waals surface area contributed by atoms with Gasteiger partial charge in [0.05, 0.1) is 39.3 Å². The van der Waals surface area contributed by atoms with Gasteiger partial charge in [0.1, 0.15) is 5.60 Å². The number of benzene rings is 2. The highest BCUT2D eigenvalue weighted by atomic mass is 79.9.